The highest BCUT2D eigenvalue weighted by Crippen LogP contribution is 2.41. The first-order valence-electron chi connectivity index (χ1n) is 20.9. The van der Waals surface area contributed by atoms with Crippen LogP contribution in [-0.2, 0) is 60.7 Å². The highest BCUT2D eigenvalue weighted by Gasteiger charge is 2.47. The van der Waals surface area contributed by atoms with Gasteiger partial charge in [0.2, 0.25) is 12.3 Å². The summed E-state index contributed by atoms with van der Waals surface area (Å²) in [5.41, 5.74) is -29.2. The smallest absolute Gasteiger partial charge is 0.416 e. The van der Waals surface area contributed by atoms with Gasteiger partial charge in [0.15, 0.2) is 19.0 Å². The minimum atomic E-state index is -6.13. The van der Waals surface area contributed by atoms with Crippen LogP contribution in [0.2, 0.25) is 0 Å². The van der Waals surface area contributed by atoms with Crippen LogP contribution in [0.15, 0.2) is 128 Å². The quantitative estimate of drug-likeness (QED) is 0.0475. The van der Waals surface area contributed by atoms with Crippen molar-refractivity contribution < 1.29 is 124 Å². The van der Waals surface area contributed by atoms with E-state index in [1.807, 2.05) is 18.2 Å². The van der Waals surface area contributed by atoms with E-state index in [0.717, 1.165) is 0 Å². The third-order valence-corrected chi connectivity index (χ3v) is 11.3. The van der Waals surface area contributed by atoms with Gasteiger partial charge in [0.05, 0.1) is 50.1 Å². The zero-order chi connectivity index (χ0) is 59.0. The predicted octanol–water partition coefficient (Wildman–Crippen LogP) is 12.8. The fraction of sp³-hybridized carbons (Fsp3) is 0.208. The lowest BCUT2D eigenvalue weighted by atomic mass is 9.12. The van der Waals surface area contributed by atoms with Crippen molar-refractivity contribution in [3.8, 4) is 6.07 Å². The van der Waals surface area contributed by atoms with E-state index in [2.05, 4.69) is 0 Å². The van der Waals surface area contributed by atoms with Crippen LogP contribution in [0.1, 0.15) is 65.2 Å². The number of nitrogens with zero attached hydrogens (tertiary/aromatic N) is 2. The highest BCUT2D eigenvalue weighted by atomic mass is 19.4. The molecule has 0 saturated carbocycles. The molecule has 0 bridgehead atoms. The number of alkyl halides is 24. The molecule has 6 rings (SSSR count). The van der Waals surface area contributed by atoms with Crippen molar-refractivity contribution in [2.24, 2.45) is 0 Å². The SMILES string of the molecule is FC(F)(F)c1cc([B-](c2cc(C(F)(F)F)cc(C(F)(F)F)c2)(c2cc(C(F)(F)F)cc(C(F)(F)F)c2)c2cc(C(F)(F)F)cc(C(F)(F)F)c2)cc(C(F)(F)F)c1.N#CCOC(=O)c1cc[n+](CC(=O)c2ccccc2)cc1. The number of ether oxygens (including phenoxy) is 1. The maximum Gasteiger partial charge on any atom is 0.416 e. The molecule has 0 unspecified atom stereocenters. The average Bonchev–Trinajstić information content (AvgIpc) is 3.37. The number of nitriles is 1. The lowest BCUT2D eigenvalue weighted by molar-refractivity contribution is -0.683. The number of aromatic nitrogens is 1. The Balaban J connectivity index is 0.000000443. The highest BCUT2D eigenvalue weighted by molar-refractivity contribution is 7.20. The van der Waals surface area contributed by atoms with Crippen molar-refractivity contribution in [1.82, 2.24) is 0 Å². The number of carbonyl (C=O) groups is 2. The van der Waals surface area contributed by atoms with Crippen LogP contribution in [0.5, 0.6) is 0 Å². The minimum Gasteiger partial charge on any atom is -0.447 e. The molecule has 6 aromatic rings. The Labute approximate surface area is 420 Å². The van der Waals surface area contributed by atoms with Crippen molar-refractivity contribution >= 4 is 39.7 Å². The standard InChI is InChI=1S/C32H12BF24.C16H13N2O3/c34-25(35,36)13-1-14(26(37,38)39)6-21(5-13)33(22-7-15(27(40,41)42)2-16(8-22)28(43,44)45,23-9-17(29(46,47)48)3-18(10-23)30(49,50)51)24-11-19(31(52,53)54)4-20(12-24)32(55,56)57;17-8-11-21-16(20)14-6-9-18(10-7-14)12-15(19)13-4-2-1-3-5-13/h1-12H;1-7,9-10H,11-12H2/q-1;+1. The molecule has 0 aliphatic heterocycles. The number of Topliss-reactive ketones (excluding diaryl/α,β-unsaturated/α-hetero) is 1. The number of pyridine rings is 1. The van der Waals surface area contributed by atoms with Crippen molar-refractivity contribution in [3.05, 3.63) is 183 Å². The second-order valence-corrected chi connectivity index (χ2v) is 16.5. The van der Waals surface area contributed by atoms with Gasteiger partial charge in [-0.3, -0.25) is 4.79 Å². The molecule has 0 atom stereocenters. The number of hydrogen-bond donors (Lipinski definition) is 0. The third-order valence-electron chi connectivity index (χ3n) is 11.3. The first-order valence-corrected chi connectivity index (χ1v) is 20.9. The van der Waals surface area contributed by atoms with Crippen molar-refractivity contribution in [1.29, 1.82) is 5.26 Å². The number of rotatable bonds is 9. The summed E-state index contributed by atoms with van der Waals surface area (Å²) in [6.45, 7) is -0.0856. The molecule has 0 saturated heterocycles. The van der Waals surface area contributed by atoms with E-state index >= 15 is 0 Å². The molecule has 0 aliphatic carbocycles. The maximum atomic E-state index is 14.2. The fourth-order valence-electron chi connectivity index (χ4n) is 7.83. The molecular formula is C48H25BF24N2O3. The van der Waals surface area contributed by atoms with Gasteiger partial charge in [0, 0.05) is 17.7 Å². The number of hydrogen-bond acceptors (Lipinski definition) is 4. The Hall–Kier alpha value is -7.74. The Morgan fingerprint density at radius 2 is 0.654 bits per heavy atom. The van der Waals surface area contributed by atoms with Crippen LogP contribution in [0.3, 0.4) is 0 Å². The second-order valence-electron chi connectivity index (χ2n) is 16.5. The van der Waals surface area contributed by atoms with Gasteiger partial charge in [-0.2, -0.15) is 137 Å². The molecular weight excluding hydrogens is 1120 g/mol. The summed E-state index contributed by atoms with van der Waals surface area (Å²) in [6, 6.07) is 5.02. The molecule has 30 heteroatoms. The van der Waals surface area contributed by atoms with Gasteiger partial charge in [-0.1, -0.05) is 78.9 Å². The molecule has 0 N–H and O–H groups in total. The summed E-state index contributed by atoms with van der Waals surface area (Å²) in [5, 5.41) is 8.34. The summed E-state index contributed by atoms with van der Waals surface area (Å²) in [6.07, 6.45) is -51.5. The van der Waals surface area contributed by atoms with E-state index in [1.54, 1.807) is 47.3 Å². The first kappa shape index (κ1) is 61.1. The minimum absolute atomic E-state index is 0.0135. The molecule has 1 heterocycles. The number of esters is 1. The van der Waals surface area contributed by atoms with Crippen LogP contribution in [-0.4, -0.2) is 24.5 Å². The molecule has 0 fully saturated rings. The van der Waals surface area contributed by atoms with Crippen molar-refractivity contribution in [2.45, 2.75) is 56.0 Å². The molecule has 5 nitrogen and oxygen atoms in total. The van der Waals surface area contributed by atoms with E-state index in [4.69, 9.17) is 10.00 Å². The molecule has 0 spiro atoms. The molecule has 1 aromatic heterocycles. The lowest BCUT2D eigenvalue weighted by Gasteiger charge is -2.46. The second kappa shape index (κ2) is 21.6. The summed E-state index contributed by atoms with van der Waals surface area (Å²) in [5.74, 6) is -0.571. The number of ketones is 1. The summed E-state index contributed by atoms with van der Waals surface area (Å²) < 4.78 is 347. The normalized spacial score (nSPS) is 13.1. The van der Waals surface area contributed by atoms with Crippen LogP contribution in [0.4, 0.5) is 105 Å². The Kier molecular flexibility index (Phi) is 16.9. The van der Waals surface area contributed by atoms with E-state index < -0.39 is 201 Å². The summed E-state index contributed by atoms with van der Waals surface area (Å²) >= 11 is 0. The number of benzene rings is 5. The summed E-state index contributed by atoms with van der Waals surface area (Å²) in [4.78, 5) is 23.5. The van der Waals surface area contributed by atoms with Crippen molar-refractivity contribution in [3.63, 3.8) is 0 Å². The van der Waals surface area contributed by atoms with Gasteiger partial charge < -0.3 is 4.74 Å². The van der Waals surface area contributed by atoms with Crippen LogP contribution in [0, 0.1) is 11.3 Å². The number of halogens is 24. The monoisotopic (exact) mass is 1140 g/mol. The molecule has 78 heavy (non-hydrogen) atoms. The van der Waals surface area contributed by atoms with Gasteiger partial charge in [-0.05, 0) is 24.3 Å². The molecule has 0 radical (unpaired) electrons. The van der Waals surface area contributed by atoms with Crippen molar-refractivity contribution in [2.75, 3.05) is 6.61 Å². The zero-order valence-corrected chi connectivity index (χ0v) is 37.8. The van der Waals surface area contributed by atoms with E-state index in [9.17, 15) is 115 Å². The van der Waals surface area contributed by atoms with Crippen LogP contribution >= 0.6 is 0 Å². The number of carbonyl (C=O) groups excluding carboxylic acids is 2. The van der Waals surface area contributed by atoms with E-state index in [0.29, 0.717) is 11.1 Å². The van der Waals surface area contributed by atoms with Gasteiger partial charge in [-0.25, -0.2) is 4.79 Å². The Morgan fingerprint density at radius 1 is 0.397 bits per heavy atom. The zero-order valence-electron chi connectivity index (χ0n) is 37.8. The van der Waals surface area contributed by atoms with Gasteiger partial charge in [-0.15, -0.1) is 0 Å². The molecule has 416 valence electrons. The topological polar surface area (TPSA) is 71.0 Å². The Bertz CT molecular complexity index is 2760. The largest absolute Gasteiger partial charge is 0.447 e. The summed E-state index contributed by atoms with van der Waals surface area (Å²) in [7, 11) is 0. The molecule has 0 amide bonds. The predicted molar refractivity (Wildman–Crippen MR) is 223 cm³/mol. The fourth-order valence-corrected chi connectivity index (χ4v) is 7.83. The van der Waals surface area contributed by atoms with Crippen LogP contribution in [0.25, 0.3) is 0 Å². The maximum absolute atomic E-state index is 14.2. The first-order chi connectivity index (χ1) is 35.5. The van der Waals surface area contributed by atoms with Gasteiger partial charge in [0.1, 0.15) is 12.2 Å². The third kappa shape index (κ3) is 14.4. The van der Waals surface area contributed by atoms with Gasteiger partial charge >= 0.3 is 55.4 Å². The van der Waals surface area contributed by atoms with E-state index in [1.165, 1.54) is 0 Å². The lowest BCUT2D eigenvalue weighted by Crippen LogP contribution is -2.75. The van der Waals surface area contributed by atoms with E-state index in [-0.39, 0.29) is 18.9 Å². The van der Waals surface area contributed by atoms with Crippen LogP contribution < -0.4 is 26.4 Å². The molecule has 5 aromatic carbocycles. The Morgan fingerprint density at radius 3 is 0.885 bits per heavy atom. The molecule has 0 aliphatic rings. The average molecular weight is 1140 g/mol. The van der Waals surface area contributed by atoms with Gasteiger partial charge in [0.25, 0.3) is 0 Å².